The molecule has 29 heavy (non-hydrogen) atoms. The van der Waals surface area contributed by atoms with Crippen molar-refractivity contribution in [1.29, 1.82) is 0 Å². The second-order valence-corrected chi connectivity index (χ2v) is 8.93. The fourth-order valence-electron chi connectivity index (χ4n) is 5.42. The lowest BCUT2D eigenvalue weighted by atomic mass is 9.70. The fourth-order valence-corrected chi connectivity index (χ4v) is 5.42. The van der Waals surface area contributed by atoms with E-state index >= 15 is 0 Å². The smallest absolute Gasteiger partial charge is 0.134 e. The molecule has 0 nitrogen and oxygen atoms in total. The Balaban J connectivity index is 1.52. The number of halogens is 4. The van der Waals surface area contributed by atoms with E-state index in [-0.39, 0.29) is 22.6 Å². The van der Waals surface area contributed by atoms with Gasteiger partial charge in [0, 0.05) is 5.56 Å². The van der Waals surface area contributed by atoms with E-state index < -0.39 is 23.3 Å². The van der Waals surface area contributed by atoms with Crippen LogP contribution in [0.25, 0.3) is 11.1 Å². The first kappa shape index (κ1) is 20.4. The molecule has 0 spiro atoms. The first-order valence-electron chi connectivity index (χ1n) is 10.9. The molecule has 0 atom stereocenters. The van der Waals surface area contributed by atoms with Crippen molar-refractivity contribution in [3.05, 3.63) is 58.7 Å². The fraction of sp³-hybridized carbons (Fsp3) is 0.520. The molecule has 0 amide bonds. The molecule has 0 radical (unpaired) electrons. The predicted octanol–water partition coefficient (Wildman–Crippen LogP) is 8.07. The number of hydrogen-bond acceptors (Lipinski definition) is 0. The third-order valence-corrected chi connectivity index (χ3v) is 7.19. The number of benzene rings is 2. The highest BCUT2D eigenvalue weighted by atomic mass is 19.1. The monoisotopic (exact) mass is 404 g/mol. The van der Waals surface area contributed by atoms with Gasteiger partial charge in [-0.05, 0) is 85.8 Å². The van der Waals surface area contributed by atoms with Gasteiger partial charge in [-0.1, -0.05) is 32.1 Å². The van der Waals surface area contributed by atoms with Crippen LogP contribution in [-0.4, -0.2) is 0 Å². The highest BCUT2D eigenvalue weighted by Crippen LogP contribution is 2.43. The summed E-state index contributed by atoms with van der Waals surface area (Å²) < 4.78 is 57.3. The van der Waals surface area contributed by atoms with Crippen LogP contribution in [0.3, 0.4) is 0 Å². The highest BCUT2D eigenvalue weighted by Gasteiger charge is 2.30. The maximum atomic E-state index is 14.8. The van der Waals surface area contributed by atoms with Crippen LogP contribution in [-0.2, 0) is 0 Å². The van der Waals surface area contributed by atoms with E-state index in [1.54, 1.807) is 0 Å². The molecule has 2 aromatic rings. The van der Waals surface area contributed by atoms with Crippen LogP contribution in [0, 0.1) is 42.0 Å². The predicted molar refractivity (Wildman–Crippen MR) is 108 cm³/mol. The minimum absolute atomic E-state index is 0.104. The van der Waals surface area contributed by atoms with E-state index in [4.69, 9.17) is 0 Å². The van der Waals surface area contributed by atoms with Crippen molar-refractivity contribution in [1.82, 2.24) is 0 Å². The average molecular weight is 404 g/mol. The Morgan fingerprint density at radius 2 is 1.14 bits per heavy atom. The third-order valence-electron chi connectivity index (χ3n) is 7.19. The van der Waals surface area contributed by atoms with Crippen LogP contribution in [0.2, 0.25) is 0 Å². The number of rotatable bonds is 3. The van der Waals surface area contributed by atoms with Crippen LogP contribution < -0.4 is 0 Å². The van der Waals surface area contributed by atoms with Crippen molar-refractivity contribution in [2.24, 2.45) is 11.8 Å². The Morgan fingerprint density at radius 3 is 1.69 bits per heavy atom. The zero-order chi connectivity index (χ0) is 20.5. The summed E-state index contributed by atoms with van der Waals surface area (Å²) in [7, 11) is 0. The number of hydrogen-bond donors (Lipinski definition) is 0. The topological polar surface area (TPSA) is 0 Å². The molecule has 2 aliphatic rings. The van der Waals surface area contributed by atoms with Gasteiger partial charge in [-0.2, -0.15) is 0 Å². The van der Waals surface area contributed by atoms with Crippen LogP contribution in [0.4, 0.5) is 17.6 Å². The van der Waals surface area contributed by atoms with Crippen molar-refractivity contribution >= 4 is 0 Å². The Hall–Kier alpha value is -1.84. The first-order valence-corrected chi connectivity index (χ1v) is 10.9. The van der Waals surface area contributed by atoms with Crippen molar-refractivity contribution in [2.45, 2.75) is 70.6 Å². The summed E-state index contributed by atoms with van der Waals surface area (Å²) in [4.78, 5) is 0. The van der Waals surface area contributed by atoms with Crippen LogP contribution in [0.1, 0.15) is 74.8 Å². The Bertz CT molecular complexity index is 828. The molecule has 4 rings (SSSR count). The van der Waals surface area contributed by atoms with Crippen molar-refractivity contribution in [3.63, 3.8) is 0 Å². The summed E-state index contributed by atoms with van der Waals surface area (Å²) in [5.74, 6) is -1.38. The first-order chi connectivity index (χ1) is 13.9. The summed E-state index contributed by atoms with van der Waals surface area (Å²) in [6.07, 6.45) is 10.8. The van der Waals surface area contributed by atoms with Gasteiger partial charge in [0.05, 0.1) is 5.56 Å². The molecule has 0 heterocycles. The summed E-state index contributed by atoms with van der Waals surface area (Å²) in [5.41, 5.74) is 0.0513. The largest absolute Gasteiger partial charge is 0.207 e. The zero-order valence-corrected chi connectivity index (χ0v) is 16.9. The summed E-state index contributed by atoms with van der Waals surface area (Å²) in [6, 6.07) is 4.71. The lowest BCUT2D eigenvalue weighted by molar-refractivity contribution is 0.186. The van der Waals surface area contributed by atoms with Gasteiger partial charge in [0.2, 0.25) is 0 Å². The second-order valence-electron chi connectivity index (χ2n) is 8.93. The van der Waals surface area contributed by atoms with Gasteiger partial charge in [0.25, 0.3) is 0 Å². The normalized spacial score (nSPS) is 23.3. The molecule has 0 aromatic heterocycles. The molecular weight excluding hydrogens is 376 g/mol. The zero-order valence-electron chi connectivity index (χ0n) is 16.9. The lowest BCUT2D eigenvalue weighted by Gasteiger charge is -2.36. The summed E-state index contributed by atoms with van der Waals surface area (Å²) >= 11 is 0. The molecule has 0 unspecified atom stereocenters. The van der Waals surface area contributed by atoms with Gasteiger partial charge < -0.3 is 0 Å². The van der Waals surface area contributed by atoms with E-state index in [9.17, 15) is 17.6 Å². The standard InChI is InChI=1S/C25H28F4/c1-15-21(26)13-20(14-22(15)27)25-23(28)11-19(12-24(25)29)18-9-7-17(8-10-18)16-5-3-2-4-6-16/h11-14,16-18H,2-10H2,1H3. The molecule has 2 aromatic carbocycles. The Morgan fingerprint density at radius 1 is 0.621 bits per heavy atom. The van der Waals surface area contributed by atoms with Crippen molar-refractivity contribution in [3.8, 4) is 11.1 Å². The maximum absolute atomic E-state index is 14.8. The molecule has 4 heteroatoms. The van der Waals surface area contributed by atoms with Gasteiger partial charge in [0.1, 0.15) is 23.3 Å². The molecule has 0 aliphatic heterocycles. The molecule has 156 valence electrons. The lowest BCUT2D eigenvalue weighted by Crippen LogP contribution is -2.23. The minimum atomic E-state index is -0.802. The van der Waals surface area contributed by atoms with Gasteiger partial charge in [-0.15, -0.1) is 0 Å². The van der Waals surface area contributed by atoms with Crippen LogP contribution in [0.15, 0.2) is 24.3 Å². The molecule has 0 N–H and O–H groups in total. The Labute approximate surface area is 170 Å². The van der Waals surface area contributed by atoms with Gasteiger partial charge in [0.15, 0.2) is 0 Å². The maximum Gasteiger partial charge on any atom is 0.134 e. The van der Waals surface area contributed by atoms with E-state index in [0.717, 1.165) is 49.7 Å². The van der Waals surface area contributed by atoms with Crippen molar-refractivity contribution < 1.29 is 17.6 Å². The molecular formula is C25H28F4. The molecule has 0 bridgehead atoms. The van der Waals surface area contributed by atoms with E-state index in [1.165, 1.54) is 51.2 Å². The Kier molecular flexibility index (Phi) is 5.98. The van der Waals surface area contributed by atoms with E-state index in [0.29, 0.717) is 5.56 Å². The van der Waals surface area contributed by atoms with Crippen molar-refractivity contribution in [2.75, 3.05) is 0 Å². The van der Waals surface area contributed by atoms with E-state index in [2.05, 4.69) is 0 Å². The average Bonchev–Trinajstić information content (AvgIpc) is 2.72. The van der Waals surface area contributed by atoms with Crippen LogP contribution in [0.5, 0.6) is 0 Å². The summed E-state index contributed by atoms with van der Waals surface area (Å²) in [5, 5.41) is 0. The summed E-state index contributed by atoms with van der Waals surface area (Å²) in [6.45, 7) is 1.30. The van der Waals surface area contributed by atoms with E-state index in [1.807, 2.05) is 0 Å². The third kappa shape index (κ3) is 4.22. The SMILES string of the molecule is Cc1c(F)cc(-c2c(F)cc(C3CCC(C4CCCCC4)CC3)cc2F)cc1F. The molecule has 0 saturated heterocycles. The second kappa shape index (κ2) is 8.49. The highest BCUT2D eigenvalue weighted by molar-refractivity contribution is 5.66. The quantitative estimate of drug-likeness (QED) is 0.454. The van der Waals surface area contributed by atoms with Gasteiger partial charge in [-0.25, -0.2) is 17.6 Å². The molecule has 2 fully saturated rings. The van der Waals surface area contributed by atoms with Gasteiger partial charge >= 0.3 is 0 Å². The molecule has 2 saturated carbocycles. The van der Waals surface area contributed by atoms with Gasteiger partial charge in [-0.3, -0.25) is 0 Å². The molecule has 2 aliphatic carbocycles. The van der Waals surface area contributed by atoms with Crippen LogP contribution >= 0.6 is 0 Å². The minimum Gasteiger partial charge on any atom is -0.207 e.